The lowest BCUT2D eigenvalue weighted by Crippen LogP contribution is -1.96. The van der Waals surface area contributed by atoms with Gasteiger partial charge in [0, 0.05) is 49.5 Å². The van der Waals surface area contributed by atoms with Crippen LogP contribution in [0.4, 0.5) is 0 Å². The zero-order valence-electron chi connectivity index (χ0n) is 46.8. The SMILES string of the molecule is c1ccc(-c2cccc(-c3cccc(-c4ccc5c(c4)c4ccccc4n5-c4ccc(-c5cccc(-c6cc(-c7ccc(-c8cccc(-c9cc(-c%10ccccc%10)nc(-c%10ccccc%10)n9)c8)cc7)c7oc8ccccc8c7c6)c5)cc4)c3)c2)cc1. The molecule has 0 bridgehead atoms. The van der Waals surface area contributed by atoms with E-state index in [0.29, 0.717) is 5.82 Å². The summed E-state index contributed by atoms with van der Waals surface area (Å²) in [5.74, 6) is 0.698. The van der Waals surface area contributed by atoms with E-state index >= 15 is 0 Å². The highest BCUT2D eigenvalue weighted by Crippen LogP contribution is 2.42. The van der Waals surface area contributed by atoms with E-state index in [1.165, 1.54) is 55.2 Å². The number of hydrogen-bond donors (Lipinski definition) is 0. The number of para-hydroxylation sites is 2. The summed E-state index contributed by atoms with van der Waals surface area (Å²) in [5, 5.41) is 4.64. The van der Waals surface area contributed by atoms with Crippen molar-refractivity contribution in [1.82, 2.24) is 14.5 Å². The highest BCUT2D eigenvalue weighted by Gasteiger charge is 2.19. The zero-order valence-corrected chi connectivity index (χ0v) is 46.8. The first-order valence-electron chi connectivity index (χ1n) is 29.3. The van der Waals surface area contributed by atoms with Gasteiger partial charge in [-0.05, 0) is 151 Å². The van der Waals surface area contributed by atoms with Gasteiger partial charge in [-0.15, -0.1) is 0 Å². The number of nitrogens with zero attached hydrogens (tertiary/aromatic N) is 3. The molecule has 0 saturated heterocycles. The molecule has 0 aliphatic rings. The van der Waals surface area contributed by atoms with E-state index in [2.05, 4.69) is 284 Å². The van der Waals surface area contributed by atoms with Crippen molar-refractivity contribution < 1.29 is 4.42 Å². The van der Waals surface area contributed by atoms with Crippen LogP contribution in [0.1, 0.15) is 0 Å². The normalized spacial score (nSPS) is 11.5. The number of hydrogen-bond acceptors (Lipinski definition) is 3. The number of furan rings is 1. The van der Waals surface area contributed by atoms with Crippen molar-refractivity contribution in [2.45, 2.75) is 0 Å². The predicted molar refractivity (Wildman–Crippen MR) is 358 cm³/mol. The minimum atomic E-state index is 0.698. The third-order valence-corrected chi connectivity index (χ3v) is 16.8. The summed E-state index contributed by atoms with van der Waals surface area (Å²) in [7, 11) is 0. The van der Waals surface area contributed by atoms with Gasteiger partial charge in [-0.1, -0.05) is 243 Å². The van der Waals surface area contributed by atoms with E-state index in [0.717, 1.165) is 100 Å². The first-order valence-corrected chi connectivity index (χ1v) is 29.3. The second-order valence-corrected chi connectivity index (χ2v) is 22.1. The Labute approximate surface area is 498 Å². The summed E-state index contributed by atoms with van der Waals surface area (Å²) < 4.78 is 9.13. The molecule has 0 aliphatic carbocycles. The fourth-order valence-corrected chi connectivity index (χ4v) is 12.5. The standard InChI is InChI=1S/C82H53N3O/c1-4-18-54(19-5-1)60-24-14-27-63(46-60)64-28-16-29-65(48-64)67-42-45-79-74(50-67)71-32-10-12-34-78(71)85(79)70-43-40-56(41-44-70)61-25-15-30-66(47-61)69-51-73(81-75(52-69)72-33-11-13-35-80(72)86-81)57-38-36-55(37-39-57)62-26-17-31-68(49-62)77-53-76(58-20-6-2-7-21-58)83-82(84-77)59-22-8-3-9-23-59/h1-53H. The lowest BCUT2D eigenvalue weighted by molar-refractivity contribution is 0.670. The van der Waals surface area contributed by atoms with Crippen LogP contribution in [0.25, 0.3) is 161 Å². The Morgan fingerprint density at radius 1 is 0.233 bits per heavy atom. The molecule has 0 unspecified atom stereocenters. The Hall–Kier alpha value is -11.5. The van der Waals surface area contributed by atoms with Crippen molar-refractivity contribution in [2.75, 3.05) is 0 Å². The fraction of sp³-hybridized carbons (Fsp3) is 0. The molecule has 402 valence electrons. The number of benzene rings is 13. The van der Waals surface area contributed by atoms with Crippen LogP contribution >= 0.6 is 0 Å². The third kappa shape index (κ3) is 9.32. The van der Waals surface area contributed by atoms with Gasteiger partial charge in [0.15, 0.2) is 5.82 Å². The maximum absolute atomic E-state index is 6.73. The summed E-state index contributed by atoms with van der Waals surface area (Å²) in [4.78, 5) is 10.1. The Kier molecular flexibility index (Phi) is 12.5. The summed E-state index contributed by atoms with van der Waals surface area (Å²) >= 11 is 0. The third-order valence-electron chi connectivity index (χ3n) is 16.8. The van der Waals surface area contributed by atoms with Gasteiger partial charge in [0.1, 0.15) is 11.2 Å². The molecule has 4 nitrogen and oxygen atoms in total. The van der Waals surface area contributed by atoms with Gasteiger partial charge in [0.25, 0.3) is 0 Å². The van der Waals surface area contributed by atoms with Crippen LogP contribution < -0.4 is 0 Å². The molecule has 16 rings (SSSR count). The Balaban J connectivity index is 0.706. The van der Waals surface area contributed by atoms with Crippen LogP contribution in [0.5, 0.6) is 0 Å². The van der Waals surface area contributed by atoms with Crippen LogP contribution in [0.3, 0.4) is 0 Å². The second-order valence-electron chi connectivity index (χ2n) is 22.1. The Morgan fingerprint density at radius 2 is 0.640 bits per heavy atom. The average Bonchev–Trinajstić information content (AvgIpc) is 3.05. The number of aromatic nitrogens is 3. The van der Waals surface area contributed by atoms with Crippen molar-refractivity contribution in [3.63, 3.8) is 0 Å². The Morgan fingerprint density at radius 3 is 1.27 bits per heavy atom. The monoisotopic (exact) mass is 1100 g/mol. The highest BCUT2D eigenvalue weighted by molar-refractivity contribution is 6.12. The molecule has 0 spiro atoms. The van der Waals surface area contributed by atoms with Crippen molar-refractivity contribution >= 4 is 43.7 Å². The minimum Gasteiger partial charge on any atom is -0.455 e. The van der Waals surface area contributed by atoms with Crippen molar-refractivity contribution in [2.24, 2.45) is 0 Å². The van der Waals surface area contributed by atoms with Crippen LogP contribution in [-0.4, -0.2) is 14.5 Å². The van der Waals surface area contributed by atoms with E-state index in [1.54, 1.807) is 0 Å². The van der Waals surface area contributed by atoms with E-state index < -0.39 is 0 Å². The first-order chi connectivity index (χ1) is 42.6. The molecule has 0 radical (unpaired) electrons. The summed E-state index contributed by atoms with van der Waals surface area (Å²) in [6.45, 7) is 0. The molecular formula is C82H53N3O. The molecule has 0 amide bonds. The molecule has 0 N–H and O–H groups in total. The van der Waals surface area contributed by atoms with Crippen molar-refractivity contribution in [3.05, 3.63) is 322 Å². The highest BCUT2D eigenvalue weighted by atomic mass is 16.3. The quantitative estimate of drug-likeness (QED) is 0.130. The average molecular weight is 1100 g/mol. The molecule has 0 fully saturated rings. The van der Waals surface area contributed by atoms with Gasteiger partial charge in [0.05, 0.1) is 22.4 Å². The van der Waals surface area contributed by atoms with Gasteiger partial charge in [0.2, 0.25) is 0 Å². The second kappa shape index (κ2) is 21.4. The molecule has 3 heterocycles. The molecule has 0 saturated carbocycles. The summed E-state index contributed by atoms with van der Waals surface area (Å²) in [5.41, 5.74) is 26.1. The smallest absolute Gasteiger partial charge is 0.160 e. The van der Waals surface area contributed by atoms with Crippen LogP contribution in [0.15, 0.2) is 326 Å². The number of fused-ring (bicyclic) bond motifs is 6. The summed E-state index contributed by atoms with van der Waals surface area (Å²) in [6, 6.07) is 115. The largest absolute Gasteiger partial charge is 0.455 e. The molecule has 0 aliphatic heterocycles. The summed E-state index contributed by atoms with van der Waals surface area (Å²) in [6.07, 6.45) is 0. The molecule has 16 aromatic rings. The molecule has 3 aromatic heterocycles. The lowest BCUT2D eigenvalue weighted by atomic mass is 9.93. The number of rotatable bonds is 11. The van der Waals surface area contributed by atoms with Crippen LogP contribution in [-0.2, 0) is 0 Å². The minimum absolute atomic E-state index is 0.698. The van der Waals surface area contributed by atoms with Gasteiger partial charge < -0.3 is 8.98 Å². The van der Waals surface area contributed by atoms with E-state index in [1.807, 2.05) is 42.5 Å². The lowest BCUT2D eigenvalue weighted by Gasteiger charge is -2.12. The Bertz CT molecular complexity index is 5140. The molecule has 86 heavy (non-hydrogen) atoms. The van der Waals surface area contributed by atoms with E-state index in [4.69, 9.17) is 14.4 Å². The van der Waals surface area contributed by atoms with Gasteiger partial charge in [-0.25, -0.2) is 9.97 Å². The maximum atomic E-state index is 6.73. The van der Waals surface area contributed by atoms with Crippen LogP contribution in [0, 0.1) is 0 Å². The van der Waals surface area contributed by atoms with E-state index in [9.17, 15) is 0 Å². The van der Waals surface area contributed by atoms with Crippen molar-refractivity contribution in [3.8, 4) is 117 Å². The fourth-order valence-electron chi connectivity index (χ4n) is 12.5. The van der Waals surface area contributed by atoms with Gasteiger partial charge >= 0.3 is 0 Å². The molecular weight excluding hydrogens is 1040 g/mol. The van der Waals surface area contributed by atoms with Gasteiger partial charge in [-0.2, -0.15) is 0 Å². The van der Waals surface area contributed by atoms with Crippen LogP contribution in [0.2, 0.25) is 0 Å². The zero-order chi connectivity index (χ0) is 56.9. The molecule has 4 heteroatoms. The van der Waals surface area contributed by atoms with E-state index in [-0.39, 0.29) is 0 Å². The van der Waals surface area contributed by atoms with Crippen molar-refractivity contribution in [1.29, 1.82) is 0 Å². The topological polar surface area (TPSA) is 43.9 Å². The first kappa shape index (κ1) is 50.3. The maximum Gasteiger partial charge on any atom is 0.160 e. The predicted octanol–water partition coefficient (Wildman–Crippen LogP) is 22.1. The molecule has 0 atom stereocenters. The van der Waals surface area contributed by atoms with Gasteiger partial charge in [-0.3, -0.25) is 0 Å². The molecule has 13 aromatic carbocycles.